The molecular weight excluding hydrogens is 340 g/mol. The third-order valence-electron chi connectivity index (χ3n) is 3.95. The number of H-pyrrole nitrogens is 1. The van der Waals surface area contributed by atoms with Crippen LogP contribution in [0.3, 0.4) is 0 Å². The standard InChI is InChI=1S/C17H16N4O3S/c22-16(20-17-18-14-3-1-2-4-15(14)19-17)11-5-9-13(10-6-11)25(23,24)21-12-7-8-12/h1-6,9-10,12,21H,7-8H2,(H2,18,19,20,22). The van der Waals surface area contributed by atoms with Crippen molar-refractivity contribution in [2.45, 2.75) is 23.8 Å². The molecule has 0 saturated heterocycles. The Bertz CT molecular complexity index is 1000. The largest absolute Gasteiger partial charge is 0.324 e. The minimum absolute atomic E-state index is 0.0426. The number of rotatable bonds is 5. The molecule has 1 saturated carbocycles. The van der Waals surface area contributed by atoms with Gasteiger partial charge in [-0.3, -0.25) is 10.1 Å². The minimum atomic E-state index is -3.52. The molecule has 0 radical (unpaired) electrons. The van der Waals surface area contributed by atoms with Crippen LogP contribution in [0.25, 0.3) is 11.0 Å². The zero-order chi connectivity index (χ0) is 17.4. The average molecular weight is 356 g/mol. The van der Waals surface area contributed by atoms with E-state index in [9.17, 15) is 13.2 Å². The number of aromatic nitrogens is 2. The maximum atomic E-state index is 12.3. The van der Waals surface area contributed by atoms with Crippen LogP contribution >= 0.6 is 0 Å². The van der Waals surface area contributed by atoms with Crippen molar-refractivity contribution in [3.8, 4) is 0 Å². The van der Waals surface area contributed by atoms with E-state index in [1.54, 1.807) is 0 Å². The predicted molar refractivity (Wildman–Crippen MR) is 93.8 cm³/mol. The second kappa shape index (κ2) is 5.98. The van der Waals surface area contributed by atoms with E-state index >= 15 is 0 Å². The summed E-state index contributed by atoms with van der Waals surface area (Å²) in [6.07, 6.45) is 1.74. The first-order valence-electron chi connectivity index (χ1n) is 7.90. The van der Waals surface area contributed by atoms with Gasteiger partial charge in [-0.15, -0.1) is 0 Å². The molecule has 7 nitrogen and oxygen atoms in total. The lowest BCUT2D eigenvalue weighted by Gasteiger charge is -2.06. The highest BCUT2D eigenvalue weighted by molar-refractivity contribution is 7.89. The number of hydrogen-bond acceptors (Lipinski definition) is 4. The summed E-state index contributed by atoms with van der Waals surface area (Å²) in [5, 5.41) is 2.68. The Morgan fingerprint density at radius 2 is 1.80 bits per heavy atom. The lowest BCUT2D eigenvalue weighted by Crippen LogP contribution is -2.25. The molecule has 0 spiro atoms. The van der Waals surface area contributed by atoms with Crippen molar-refractivity contribution >= 4 is 32.9 Å². The van der Waals surface area contributed by atoms with Gasteiger partial charge in [0.15, 0.2) is 0 Å². The molecule has 3 aromatic rings. The Labute approximate surface area is 144 Å². The van der Waals surface area contributed by atoms with Gasteiger partial charge >= 0.3 is 0 Å². The van der Waals surface area contributed by atoms with Crippen molar-refractivity contribution in [3.63, 3.8) is 0 Å². The van der Waals surface area contributed by atoms with Gasteiger partial charge in [-0.05, 0) is 49.2 Å². The normalized spacial score (nSPS) is 14.6. The van der Waals surface area contributed by atoms with Gasteiger partial charge < -0.3 is 4.98 Å². The zero-order valence-corrected chi connectivity index (χ0v) is 14.0. The number of benzene rings is 2. The van der Waals surface area contributed by atoms with Crippen LogP contribution in [-0.4, -0.2) is 30.3 Å². The lowest BCUT2D eigenvalue weighted by atomic mass is 10.2. The summed E-state index contributed by atoms with van der Waals surface area (Å²) in [6.45, 7) is 0. The lowest BCUT2D eigenvalue weighted by molar-refractivity contribution is 0.102. The molecule has 1 aliphatic rings. The molecular formula is C17H16N4O3S. The molecule has 2 aromatic carbocycles. The highest BCUT2D eigenvalue weighted by Gasteiger charge is 2.28. The Balaban J connectivity index is 1.50. The van der Waals surface area contributed by atoms with Gasteiger partial charge in [0.25, 0.3) is 5.91 Å². The fourth-order valence-corrected chi connectivity index (χ4v) is 3.77. The molecule has 0 bridgehead atoms. The molecule has 4 rings (SSSR count). The number of aromatic amines is 1. The Morgan fingerprint density at radius 1 is 1.08 bits per heavy atom. The fourth-order valence-electron chi connectivity index (χ4n) is 2.47. The van der Waals surface area contributed by atoms with E-state index in [-0.39, 0.29) is 16.8 Å². The number of fused-ring (bicyclic) bond motifs is 1. The van der Waals surface area contributed by atoms with E-state index in [1.165, 1.54) is 24.3 Å². The molecule has 0 atom stereocenters. The SMILES string of the molecule is O=C(Nc1nc2ccccc2[nH]1)c1ccc(S(=O)(=O)NC2CC2)cc1. The van der Waals surface area contributed by atoms with E-state index in [4.69, 9.17) is 0 Å². The summed E-state index contributed by atoms with van der Waals surface area (Å²) in [7, 11) is -3.52. The third kappa shape index (κ3) is 3.40. The van der Waals surface area contributed by atoms with Gasteiger partial charge in [0.05, 0.1) is 15.9 Å². The molecule has 1 fully saturated rings. The van der Waals surface area contributed by atoms with Crippen molar-refractivity contribution in [2.75, 3.05) is 5.32 Å². The fraction of sp³-hybridized carbons (Fsp3) is 0.176. The number of carbonyl (C=O) groups is 1. The monoisotopic (exact) mass is 356 g/mol. The van der Waals surface area contributed by atoms with Crippen molar-refractivity contribution < 1.29 is 13.2 Å². The van der Waals surface area contributed by atoms with Gasteiger partial charge in [0.1, 0.15) is 0 Å². The first kappa shape index (κ1) is 15.8. The van der Waals surface area contributed by atoms with Crippen LogP contribution in [0.4, 0.5) is 5.95 Å². The molecule has 0 unspecified atom stereocenters. The number of hydrogen-bond donors (Lipinski definition) is 3. The summed E-state index contributed by atoms with van der Waals surface area (Å²) >= 11 is 0. The number of sulfonamides is 1. The van der Waals surface area contributed by atoms with Gasteiger partial charge in [0.2, 0.25) is 16.0 Å². The number of nitrogens with one attached hydrogen (secondary N) is 3. The molecule has 1 heterocycles. The summed E-state index contributed by atoms with van der Waals surface area (Å²) in [5.74, 6) is -0.0172. The van der Waals surface area contributed by atoms with Crippen molar-refractivity contribution in [1.29, 1.82) is 0 Å². The number of imidazole rings is 1. The van der Waals surface area contributed by atoms with E-state index in [1.807, 2.05) is 24.3 Å². The van der Waals surface area contributed by atoms with Crippen molar-refractivity contribution in [2.24, 2.45) is 0 Å². The van der Waals surface area contributed by atoms with Crippen LogP contribution in [0.2, 0.25) is 0 Å². The predicted octanol–water partition coefficient (Wildman–Crippen LogP) is 2.26. The molecule has 8 heteroatoms. The molecule has 1 amide bonds. The van der Waals surface area contributed by atoms with Crippen molar-refractivity contribution in [1.82, 2.24) is 14.7 Å². The first-order valence-corrected chi connectivity index (χ1v) is 9.38. The van der Waals surface area contributed by atoms with Gasteiger partial charge in [-0.1, -0.05) is 12.1 Å². The zero-order valence-electron chi connectivity index (χ0n) is 13.2. The molecule has 3 N–H and O–H groups in total. The molecule has 25 heavy (non-hydrogen) atoms. The van der Waals surface area contributed by atoms with Gasteiger partial charge in [-0.2, -0.15) is 0 Å². The second-order valence-electron chi connectivity index (χ2n) is 5.98. The summed E-state index contributed by atoms with van der Waals surface area (Å²) in [4.78, 5) is 19.7. The number of amides is 1. The Hall–Kier alpha value is -2.71. The summed E-state index contributed by atoms with van der Waals surface area (Å²) in [6, 6.07) is 13.3. The highest BCUT2D eigenvalue weighted by atomic mass is 32.2. The number of nitrogens with zero attached hydrogens (tertiary/aromatic N) is 1. The maximum absolute atomic E-state index is 12.3. The van der Waals surface area contributed by atoms with Crippen LogP contribution in [0.5, 0.6) is 0 Å². The van der Waals surface area contributed by atoms with Crippen LogP contribution in [-0.2, 0) is 10.0 Å². The van der Waals surface area contributed by atoms with Crippen LogP contribution in [0.15, 0.2) is 53.4 Å². The summed E-state index contributed by atoms with van der Waals surface area (Å²) in [5.41, 5.74) is 1.93. The molecule has 1 aromatic heterocycles. The minimum Gasteiger partial charge on any atom is -0.324 e. The number of para-hydroxylation sites is 2. The van der Waals surface area contributed by atoms with Crippen LogP contribution < -0.4 is 10.0 Å². The Morgan fingerprint density at radius 3 is 2.48 bits per heavy atom. The Kier molecular flexibility index (Phi) is 3.78. The van der Waals surface area contributed by atoms with E-state index in [0.717, 1.165) is 23.9 Å². The van der Waals surface area contributed by atoms with Crippen LogP contribution in [0.1, 0.15) is 23.2 Å². The highest BCUT2D eigenvalue weighted by Crippen LogP contribution is 2.22. The first-order chi connectivity index (χ1) is 12.0. The van der Waals surface area contributed by atoms with Crippen molar-refractivity contribution in [3.05, 3.63) is 54.1 Å². The third-order valence-corrected chi connectivity index (χ3v) is 5.48. The quantitative estimate of drug-likeness (QED) is 0.652. The number of carbonyl (C=O) groups excluding carboxylic acids is 1. The number of anilines is 1. The van der Waals surface area contributed by atoms with Gasteiger partial charge in [-0.25, -0.2) is 18.1 Å². The maximum Gasteiger partial charge on any atom is 0.257 e. The molecule has 1 aliphatic carbocycles. The smallest absolute Gasteiger partial charge is 0.257 e. The van der Waals surface area contributed by atoms with Gasteiger partial charge in [0, 0.05) is 11.6 Å². The average Bonchev–Trinajstić information content (AvgIpc) is 3.30. The summed E-state index contributed by atoms with van der Waals surface area (Å²) < 4.78 is 26.9. The van der Waals surface area contributed by atoms with Crippen LogP contribution in [0, 0.1) is 0 Å². The van der Waals surface area contributed by atoms with E-state index in [2.05, 4.69) is 20.0 Å². The second-order valence-corrected chi connectivity index (χ2v) is 7.69. The van der Waals surface area contributed by atoms with E-state index in [0.29, 0.717) is 11.5 Å². The molecule has 0 aliphatic heterocycles. The van der Waals surface area contributed by atoms with E-state index < -0.39 is 10.0 Å². The molecule has 128 valence electrons. The topological polar surface area (TPSA) is 104 Å².